The van der Waals surface area contributed by atoms with Gasteiger partial charge in [0.25, 0.3) is 5.89 Å². The molecule has 1 aromatic heterocycles. The van der Waals surface area contributed by atoms with Crippen LogP contribution in [0.4, 0.5) is 0 Å². The Labute approximate surface area is 93.1 Å². The second kappa shape index (κ2) is 4.03. The number of nitrogens with zero attached hydrogens (tertiary/aromatic N) is 2. The Hall–Kier alpha value is -1.35. The van der Waals surface area contributed by atoms with Crippen molar-refractivity contribution in [3.8, 4) is 11.5 Å². The van der Waals surface area contributed by atoms with E-state index >= 15 is 0 Å². The molecule has 0 bridgehead atoms. The molecule has 1 heterocycles. The molecule has 1 aromatic carbocycles. The summed E-state index contributed by atoms with van der Waals surface area (Å²) in [5.41, 5.74) is 3.30. The van der Waals surface area contributed by atoms with E-state index in [4.69, 9.17) is 16.1 Å². The summed E-state index contributed by atoms with van der Waals surface area (Å²) in [5, 5.41) is 3.76. The molecule has 3 nitrogen and oxygen atoms in total. The predicted molar refractivity (Wildman–Crippen MR) is 58.8 cm³/mol. The quantitative estimate of drug-likeness (QED) is 0.733. The van der Waals surface area contributed by atoms with Crippen LogP contribution in [0.2, 0.25) is 0 Å². The molecule has 0 spiro atoms. The van der Waals surface area contributed by atoms with Crippen LogP contribution >= 0.6 is 11.6 Å². The lowest BCUT2D eigenvalue weighted by Gasteiger charge is -2.00. The third kappa shape index (κ3) is 2.02. The van der Waals surface area contributed by atoms with E-state index in [1.165, 1.54) is 5.56 Å². The lowest BCUT2D eigenvalue weighted by Crippen LogP contribution is -1.85. The first-order valence-electron chi connectivity index (χ1n) is 4.67. The molecule has 0 radical (unpaired) electrons. The molecule has 0 fully saturated rings. The van der Waals surface area contributed by atoms with Crippen LogP contribution in [0.15, 0.2) is 22.7 Å². The molecule has 15 heavy (non-hydrogen) atoms. The summed E-state index contributed by atoms with van der Waals surface area (Å²) in [7, 11) is 0. The van der Waals surface area contributed by atoms with Crippen molar-refractivity contribution in [1.82, 2.24) is 10.1 Å². The van der Waals surface area contributed by atoms with Crippen molar-refractivity contribution in [2.45, 2.75) is 19.7 Å². The Morgan fingerprint density at radius 2 is 2.13 bits per heavy atom. The monoisotopic (exact) mass is 222 g/mol. The number of aryl methyl sites for hydroxylation is 2. The molecule has 0 aliphatic heterocycles. The highest BCUT2D eigenvalue weighted by Gasteiger charge is 2.10. The number of alkyl halides is 1. The number of rotatable bonds is 2. The summed E-state index contributed by atoms with van der Waals surface area (Å²) in [4.78, 5) is 4.18. The van der Waals surface area contributed by atoms with Gasteiger partial charge in [-0.3, -0.25) is 0 Å². The zero-order valence-corrected chi connectivity index (χ0v) is 9.38. The maximum Gasteiger partial charge on any atom is 0.258 e. The Balaban J connectivity index is 2.44. The standard InChI is InChI=1S/C11H11ClN2O/c1-7-3-4-9(8(2)5-7)11-13-10(6-12)14-15-11/h3-5H,6H2,1-2H3. The lowest BCUT2D eigenvalue weighted by atomic mass is 10.1. The first-order valence-corrected chi connectivity index (χ1v) is 5.20. The van der Waals surface area contributed by atoms with E-state index in [0.717, 1.165) is 11.1 Å². The molecule has 2 aromatic rings. The van der Waals surface area contributed by atoms with Crippen LogP contribution in [0.1, 0.15) is 17.0 Å². The van der Waals surface area contributed by atoms with Gasteiger partial charge in [0.1, 0.15) is 0 Å². The number of hydrogen-bond donors (Lipinski definition) is 0. The fourth-order valence-corrected chi connectivity index (χ4v) is 1.58. The zero-order valence-electron chi connectivity index (χ0n) is 8.62. The van der Waals surface area contributed by atoms with Crippen molar-refractivity contribution < 1.29 is 4.52 Å². The summed E-state index contributed by atoms with van der Waals surface area (Å²) in [6.07, 6.45) is 0. The summed E-state index contributed by atoms with van der Waals surface area (Å²) < 4.78 is 5.12. The van der Waals surface area contributed by atoms with Gasteiger partial charge >= 0.3 is 0 Å². The average molecular weight is 223 g/mol. The normalized spacial score (nSPS) is 10.6. The largest absolute Gasteiger partial charge is 0.334 e. The van der Waals surface area contributed by atoms with Crippen molar-refractivity contribution in [2.24, 2.45) is 0 Å². The van der Waals surface area contributed by atoms with Gasteiger partial charge in [0.2, 0.25) is 0 Å². The van der Waals surface area contributed by atoms with Crippen molar-refractivity contribution in [1.29, 1.82) is 0 Å². The molecule has 0 atom stereocenters. The average Bonchev–Trinajstić information content (AvgIpc) is 2.66. The van der Waals surface area contributed by atoms with E-state index in [0.29, 0.717) is 11.7 Å². The number of benzene rings is 1. The lowest BCUT2D eigenvalue weighted by molar-refractivity contribution is 0.425. The Morgan fingerprint density at radius 3 is 2.73 bits per heavy atom. The molecule has 0 aliphatic carbocycles. The first kappa shape index (κ1) is 10.2. The minimum atomic E-state index is 0.272. The number of halogens is 1. The van der Waals surface area contributed by atoms with Crippen LogP contribution < -0.4 is 0 Å². The fraction of sp³-hybridized carbons (Fsp3) is 0.273. The predicted octanol–water partition coefficient (Wildman–Crippen LogP) is 3.09. The molecular weight excluding hydrogens is 212 g/mol. The van der Waals surface area contributed by atoms with Crippen LogP contribution in [-0.4, -0.2) is 10.1 Å². The molecule has 0 amide bonds. The van der Waals surface area contributed by atoms with Gasteiger partial charge in [-0.1, -0.05) is 22.9 Å². The van der Waals surface area contributed by atoms with E-state index in [-0.39, 0.29) is 5.88 Å². The molecule has 0 N–H and O–H groups in total. The van der Waals surface area contributed by atoms with E-state index in [2.05, 4.69) is 23.1 Å². The van der Waals surface area contributed by atoms with Gasteiger partial charge in [-0.15, -0.1) is 11.6 Å². The van der Waals surface area contributed by atoms with Gasteiger partial charge in [-0.2, -0.15) is 4.98 Å². The van der Waals surface area contributed by atoms with Crippen molar-refractivity contribution in [3.05, 3.63) is 35.2 Å². The maximum absolute atomic E-state index is 5.61. The van der Waals surface area contributed by atoms with Gasteiger partial charge in [0, 0.05) is 5.56 Å². The van der Waals surface area contributed by atoms with Crippen molar-refractivity contribution in [2.75, 3.05) is 0 Å². The minimum Gasteiger partial charge on any atom is -0.334 e. The van der Waals surface area contributed by atoms with Crippen LogP contribution in [0.25, 0.3) is 11.5 Å². The second-order valence-corrected chi connectivity index (χ2v) is 3.74. The fourth-order valence-electron chi connectivity index (χ4n) is 1.47. The van der Waals surface area contributed by atoms with Crippen LogP contribution in [0.3, 0.4) is 0 Å². The topological polar surface area (TPSA) is 38.9 Å². The summed E-state index contributed by atoms with van der Waals surface area (Å²) in [6.45, 7) is 4.07. The second-order valence-electron chi connectivity index (χ2n) is 3.47. The third-order valence-corrected chi connectivity index (χ3v) is 2.44. The van der Waals surface area contributed by atoms with E-state index in [9.17, 15) is 0 Å². The molecule has 78 valence electrons. The smallest absolute Gasteiger partial charge is 0.258 e. The number of aromatic nitrogens is 2. The van der Waals surface area contributed by atoms with E-state index in [1.807, 2.05) is 19.1 Å². The molecule has 2 rings (SSSR count). The highest BCUT2D eigenvalue weighted by molar-refractivity contribution is 6.16. The molecule has 4 heteroatoms. The molecule has 0 aliphatic rings. The van der Waals surface area contributed by atoms with Gasteiger partial charge in [-0.25, -0.2) is 0 Å². The number of hydrogen-bond acceptors (Lipinski definition) is 3. The summed E-state index contributed by atoms with van der Waals surface area (Å²) in [5.74, 6) is 1.32. The Morgan fingerprint density at radius 1 is 1.33 bits per heavy atom. The minimum absolute atomic E-state index is 0.272. The SMILES string of the molecule is Cc1ccc(-c2nc(CCl)no2)c(C)c1. The Kier molecular flexibility index (Phi) is 2.73. The van der Waals surface area contributed by atoms with Gasteiger partial charge in [-0.05, 0) is 25.5 Å². The van der Waals surface area contributed by atoms with Crippen LogP contribution in [0.5, 0.6) is 0 Å². The van der Waals surface area contributed by atoms with Gasteiger partial charge < -0.3 is 4.52 Å². The van der Waals surface area contributed by atoms with E-state index in [1.54, 1.807) is 0 Å². The van der Waals surface area contributed by atoms with Crippen LogP contribution in [-0.2, 0) is 5.88 Å². The molecule has 0 saturated heterocycles. The third-order valence-electron chi connectivity index (χ3n) is 2.20. The summed E-state index contributed by atoms with van der Waals surface area (Å²) >= 11 is 5.61. The first-order chi connectivity index (χ1) is 7.20. The molecule has 0 unspecified atom stereocenters. The highest BCUT2D eigenvalue weighted by Crippen LogP contribution is 2.22. The Bertz CT molecular complexity index is 479. The maximum atomic E-state index is 5.61. The highest BCUT2D eigenvalue weighted by atomic mass is 35.5. The van der Waals surface area contributed by atoms with Gasteiger partial charge in [0.15, 0.2) is 5.82 Å². The van der Waals surface area contributed by atoms with Gasteiger partial charge in [0.05, 0.1) is 5.88 Å². The van der Waals surface area contributed by atoms with Crippen LogP contribution in [0, 0.1) is 13.8 Å². The zero-order chi connectivity index (χ0) is 10.8. The molecule has 0 saturated carbocycles. The molecular formula is C11H11ClN2O. The van der Waals surface area contributed by atoms with Crippen molar-refractivity contribution >= 4 is 11.6 Å². The summed E-state index contributed by atoms with van der Waals surface area (Å²) in [6, 6.07) is 6.09. The van der Waals surface area contributed by atoms with E-state index < -0.39 is 0 Å². The van der Waals surface area contributed by atoms with Crippen molar-refractivity contribution in [3.63, 3.8) is 0 Å².